The summed E-state index contributed by atoms with van der Waals surface area (Å²) in [6.07, 6.45) is 5.05. The van der Waals surface area contributed by atoms with Crippen molar-refractivity contribution in [3.8, 4) is 0 Å². The van der Waals surface area contributed by atoms with Gasteiger partial charge in [-0.25, -0.2) is 0 Å². The summed E-state index contributed by atoms with van der Waals surface area (Å²) >= 11 is 0. The Balaban J connectivity index is 1.98. The molecule has 0 aromatic rings. The summed E-state index contributed by atoms with van der Waals surface area (Å²) in [4.78, 5) is 13.2. The summed E-state index contributed by atoms with van der Waals surface area (Å²) < 4.78 is 4.65. The highest BCUT2D eigenvalue weighted by Crippen LogP contribution is 2.19. The second-order valence-electron chi connectivity index (χ2n) is 3.59. The molecule has 3 heteroatoms. The highest BCUT2D eigenvalue weighted by Gasteiger charge is 2.40. The van der Waals surface area contributed by atoms with Gasteiger partial charge in [0.2, 0.25) is 0 Å². The highest BCUT2D eigenvalue weighted by molar-refractivity contribution is 5.78. The van der Waals surface area contributed by atoms with Crippen molar-refractivity contribution in [2.75, 3.05) is 20.2 Å². The lowest BCUT2D eigenvalue weighted by Gasteiger charge is -2.01. The van der Waals surface area contributed by atoms with Crippen LogP contribution < -0.4 is 0 Å². The Hall–Kier alpha value is -0.570. The smallest absolute Gasteiger partial charge is 0.324 e. The van der Waals surface area contributed by atoms with Crippen LogP contribution in [0.3, 0.4) is 0 Å². The van der Waals surface area contributed by atoms with Crippen molar-refractivity contribution in [2.24, 2.45) is 0 Å². The van der Waals surface area contributed by atoms with Crippen LogP contribution in [0.25, 0.3) is 0 Å². The molecular weight excluding hydrogens is 166 g/mol. The lowest BCUT2D eigenvalue weighted by Crippen LogP contribution is -2.15. The van der Waals surface area contributed by atoms with Crippen molar-refractivity contribution in [1.82, 2.24) is 4.90 Å². The van der Waals surface area contributed by atoms with Crippen molar-refractivity contribution in [3.05, 3.63) is 0 Å². The number of nitrogens with zero attached hydrogens (tertiary/aromatic N) is 1. The van der Waals surface area contributed by atoms with Crippen LogP contribution in [-0.4, -0.2) is 37.1 Å². The molecule has 0 radical (unpaired) electrons. The minimum Gasteiger partial charge on any atom is -0.468 e. The first-order valence-electron chi connectivity index (χ1n) is 5.11. The average molecular weight is 185 g/mol. The molecule has 2 unspecified atom stereocenters. The van der Waals surface area contributed by atoms with Crippen molar-refractivity contribution in [3.63, 3.8) is 0 Å². The number of carbonyl (C=O) groups is 1. The van der Waals surface area contributed by atoms with Crippen molar-refractivity contribution >= 4 is 5.97 Å². The van der Waals surface area contributed by atoms with Gasteiger partial charge in [-0.05, 0) is 13.0 Å². The number of carbonyl (C=O) groups excluding carboxylic acids is 1. The molecule has 0 bridgehead atoms. The second-order valence-corrected chi connectivity index (χ2v) is 3.59. The van der Waals surface area contributed by atoms with Crippen molar-refractivity contribution in [1.29, 1.82) is 0 Å². The molecule has 3 nitrogen and oxygen atoms in total. The molecule has 1 aliphatic rings. The SMILES string of the molecule is CCCCCCN1CC1C(=O)OC. The molecule has 2 atom stereocenters. The van der Waals surface area contributed by atoms with Crippen LogP contribution in [-0.2, 0) is 9.53 Å². The van der Waals surface area contributed by atoms with Gasteiger partial charge in [0.1, 0.15) is 6.04 Å². The fourth-order valence-corrected chi connectivity index (χ4v) is 1.52. The summed E-state index contributed by atoms with van der Waals surface area (Å²) in [5.74, 6) is -0.0736. The predicted octanol–water partition coefficient (Wildman–Crippen LogP) is 1.42. The number of ether oxygens (including phenoxy) is 1. The Bertz CT molecular complexity index is 170. The van der Waals surface area contributed by atoms with E-state index in [0.717, 1.165) is 13.1 Å². The molecule has 13 heavy (non-hydrogen) atoms. The molecule has 1 saturated heterocycles. The largest absolute Gasteiger partial charge is 0.468 e. The van der Waals surface area contributed by atoms with Gasteiger partial charge in [-0.2, -0.15) is 0 Å². The first-order valence-corrected chi connectivity index (χ1v) is 5.11. The lowest BCUT2D eigenvalue weighted by molar-refractivity contribution is -0.140. The Morgan fingerprint density at radius 3 is 2.85 bits per heavy atom. The molecule has 0 spiro atoms. The Labute approximate surface area is 80.1 Å². The summed E-state index contributed by atoms with van der Waals surface area (Å²) in [7, 11) is 1.45. The molecule has 1 aliphatic heterocycles. The highest BCUT2D eigenvalue weighted by atomic mass is 16.5. The number of hydrogen-bond donors (Lipinski definition) is 0. The van der Waals surface area contributed by atoms with Gasteiger partial charge < -0.3 is 4.74 Å². The van der Waals surface area contributed by atoms with E-state index in [1.165, 1.54) is 32.8 Å². The van der Waals surface area contributed by atoms with Crippen LogP contribution in [0.5, 0.6) is 0 Å². The zero-order valence-electron chi connectivity index (χ0n) is 8.58. The molecule has 1 rings (SSSR count). The molecule has 1 fully saturated rings. The van der Waals surface area contributed by atoms with E-state index in [1.807, 2.05) is 0 Å². The first kappa shape index (κ1) is 10.5. The third-order valence-corrected chi connectivity index (χ3v) is 2.49. The standard InChI is InChI=1S/C10H19NO2/c1-3-4-5-6-7-11-8-9(11)10(12)13-2/h9H,3-8H2,1-2H3. The number of methoxy groups -OCH3 is 1. The maximum Gasteiger partial charge on any atom is 0.324 e. The lowest BCUT2D eigenvalue weighted by atomic mass is 10.2. The number of hydrogen-bond acceptors (Lipinski definition) is 3. The van der Waals surface area contributed by atoms with Crippen LogP contribution in [0.2, 0.25) is 0 Å². The van der Waals surface area contributed by atoms with Crippen molar-refractivity contribution < 1.29 is 9.53 Å². The van der Waals surface area contributed by atoms with Crippen LogP contribution in [0.1, 0.15) is 32.6 Å². The maximum absolute atomic E-state index is 11.0. The zero-order chi connectivity index (χ0) is 9.68. The van der Waals surface area contributed by atoms with E-state index in [4.69, 9.17) is 0 Å². The van der Waals surface area contributed by atoms with Gasteiger partial charge in [0.15, 0.2) is 0 Å². The monoisotopic (exact) mass is 185 g/mol. The van der Waals surface area contributed by atoms with Gasteiger partial charge in [0.25, 0.3) is 0 Å². The fourth-order valence-electron chi connectivity index (χ4n) is 1.52. The maximum atomic E-state index is 11.0. The first-order chi connectivity index (χ1) is 6.29. The summed E-state index contributed by atoms with van der Waals surface area (Å²) in [6.45, 7) is 4.16. The quantitative estimate of drug-likeness (QED) is 0.356. The van der Waals surface area contributed by atoms with Crippen LogP contribution >= 0.6 is 0 Å². The Kier molecular flexibility index (Phi) is 4.22. The van der Waals surface area contributed by atoms with Crippen molar-refractivity contribution in [2.45, 2.75) is 38.6 Å². The van der Waals surface area contributed by atoms with Gasteiger partial charge in [-0.1, -0.05) is 26.2 Å². The molecule has 1 heterocycles. The number of rotatable bonds is 6. The molecule has 0 N–H and O–H groups in total. The molecule has 0 amide bonds. The second kappa shape index (κ2) is 5.22. The molecule has 0 aromatic heterocycles. The third-order valence-electron chi connectivity index (χ3n) is 2.49. The van der Waals surface area contributed by atoms with E-state index in [-0.39, 0.29) is 12.0 Å². The molecule has 0 aliphatic carbocycles. The van der Waals surface area contributed by atoms with E-state index in [2.05, 4.69) is 16.6 Å². The molecular formula is C10H19NO2. The van der Waals surface area contributed by atoms with Gasteiger partial charge in [-0.3, -0.25) is 9.69 Å². The van der Waals surface area contributed by atoms with Gasteiger partial charge >= 0.3 is 5.97 Å². The third kappa shape index (κ3) is 3.35. The summed E-state index contributed by atoms with van der Waals surface area (Å²) in [5, 5.41) is 0. The Morgan fingerprint density at radius 2 is 2.23 bits per heavy atom. The topological polar surface area (TPSA) is 29.3 Å². The van der Waals surface area contributed by atoms with E-state index < -0.39 is 0 Å². The fraction of sp³-hybridized carbons (Fsp3) is 0.900. The van der Waals surface area contributed by atoms with E-state index in [0.29, 0.717) is 0 Å². The summed E-state index contributed by atoms with van der Waals surface area (Å²) in [5.41, 5.74) is 0. The normalized spacial score (nSPS) is 25.7. The average Bonchev–Trinajstić information content (AvgIpc) is 2.91. The van der Waals surface area contributed by atoms with E-state index >= 15 is 0 Å². The van der Waals surface area contributed by atoms with E-state index in [9.17, 15) is 4.79 Å². The number of unbranched alkanes of at least 4 members (excludes halogenated alkanes) is 3. The summed E-state index contributed by atoms with van der Waals surface area (Å²) in [6, 6.07) is 0.0756. The van der Waals surface area contributed by atoms with Gasteiger partial charge in [0, 0.05) is 6.54 Å². The molecule has 76 valence electrons. The number of esters is 1. The molecule has 0 aromatic carbocycles. The van der Waals surface area contributed by atoms with Gasteiger partial charge in [-0.15, -0.1) is 0 Å². The van der Waals surface area contributed by atoms with Crippen LogP contribution in [0.15, 0.2) is 0 Å². The predicted molar refractivity (Wildman–Crippen MR) is 51.5 cm³/mol. The van der Waals surface area contributed by atoms with Crippen LogP contribution in [0, 0.1) is 0 Å². The Morgan fingerprint density at radius 1 is 1.46 bits per heavy atom. The molecule has 0 saturated carbocycles. The van der Waals surface area contributed by atoms with Crippen LogP contribution in [0.4, 0.5) is 0 Å². The minimum atomic E-state index is -0.0736. The van der Waals surface area contributed by atoms with Gasteiger partial charge in [0.05, 0.1) is 7.11 Å². The minimum absolute atomic E-state index is 0.0736. The zero-order valence-corrected chi connectivity index (χ0v) is 8.58. The van der Waals surface area contributed by atoms with E-state index in [1.54, 1.807) is 0 Å².